The van der Waals surface area contributed by atoms with Crippen LogP contribution in [0.4, 0.5) is 0 Å². The monoisotopic (exact) mass is 387 g/mol. The number of nitrogens with zero attached hydrogens (tertiary/aromatic N) is 4. The quantitative estimate of drug-likeness (QED) is 0.720. The van der Waals surface area contributed by atoms with Crippen molar-refractivity contribution >= 4 is 33.1 Å². The fraction of sp³-hybridized carbons (Fsp3) is 0.579. The molecule has 0 spiro atoms. The molecule has 0 aliphatic heterocycles. The van der Waals surface area contributed by atoms with Crippen molar-refractivity contribution < 1.29 is 9.90 Å². The number of aryl methyl sites for hydroxylation is 2. The molecule has 3 heterocycles. The first-order valence-corrected chi connectivity index (χ1v) is 10.2. The van der Waals surface area contributed by atoms with Crippen LogP contribution in [0.3, 0.4) is 0 Å². The number of nitrogens with one attached hydrogen (secondary N) is 1. The Morgan fingerprint density at radius 2 is 2.15 bits per heavy atom. The first-order valence-electron chi connectivity index (χ1n) is 9.36. The van der Waals surface area contributed by atoms with Gasteiger partial charge >= 0.3 is 0 Å². The highest BCUT2D eigenvalue weighted by molar-refractivity contribution is 7.19. The van der Waals surface area contributed by atoms with Gasteiger partial charge in [-0.05, 0) is 43.1 Å². The van der Waals surface area contributed by atoms with Crippen LogP contribution in [0.2, 0.25) is 0 Å². The molecule has 2 N–H and O–H groups in total. The van der Waals surface area contributed by atoms with Crippen LogP contribution in [0.1, 0.15) is 54.1 Å². The number of hydrogen-bond acceptors (Lipinski definition) is 6. The summed E-state index contributed by atoms with van der Waals surface area (Å²) in [5.74, 6) is 1.12. The lowest BCUT2D eigenvalue weighted by atomic mass is 9.72. The maximum Gasteiger partial charge on any atom is 0.291 e. The Kier molecular flexibility index (Phi) is 4.43. The SMILES string of the molecule is Cc1nc2sc3c(c2c2nc(C(=O)NCCO)nn12)CCC(C(C)(C)C)C3. The molecule has 0 aromatic carbocycles. The molecule has 27 heavy (non-hydrogen) atoms. The molecule has 144 valence electrons. The van der Waals surface area contributed by atoms with Gasteiger partial charge in [0.15, 0.2) is 5.65 Å². The molecule has 0 saturated heterocycles. The predicted molar refractivity (Wildman–Crippen MR) is 105 cm³/mol. The van der Waals surface area contributed by atoms with Gasteiger partial charge in [0, 0.05) is 11.4 Å². The summed E-state index contributed by atoms with van der Waals surface area (Å²) >= 11 is 1.75. The molecular formula is C19H25N5O2S. The lowest BCUT2D eigenvalue weighted by Crippen LogP contribution is -2.27. The number of thiophene rings is 1. The molecule has 1 unspecified atom stereocenters. The molecule has 1 aliphatic rings. The van der Waals surface area contributed by atoms with Crippen molar-refractivity contribution in [2.45, 2.75) is 47.0 Å². The Labute approximate surface area is 161 Å². The zero-order valence-electron chi connectivity index (χ0n) is 16.2. The van der Waals surface area contributed by atoms with Gasteiger partial charge in [0.25, 0.3) is 5.91 Å². The molecule has 8 heteroatoms. The normalized spacial score (nSPS) is 17.4. The van der Waals surface area contributed by atoms with E-state index in [9.17, 15) is 4.79 Å². The van der Waals surface area contributed by atoms with Gasteiger partial charge in [0.1, 0.15) is 10.7 Å². The second kappa shape index (κ2) is 6.53. The molecule has 7 nitrogen and oxygen atoms in total. The Bertz CT molecular complexity index is 1030. The number of amides is 1. The highest BCUT2D eigenvalue weighted by Crippen LogP contribution is 2.43. The number of fused-ring (bicyclic) bond motifs is 5. The van der Waals surface area contributed by atoms with Crippen LogP contribution in [0.5, 0.6) is 0 Å². The summed E-state index contributed by atoms with van der Waals surface area (Å²) in [5.41, 5.74) is 2.32. The van der Waals surface area contributed by atoms with E-state index in [1.54, 1.807) is 15.9 Å². The van der Waals surface area contributed by atoms with Gasteiger partial charge in [0.2, 0.25) is 5.82 Å². The third kappa shape index (κ3) is 3.10. The van der Waals surface area contributed by atoms with Gasteiger partial charge in [-0.1, -0.05) is 20.8 Å². The standard InChI is InChI=1S/C19H25N5O2S/c1-10-21-18-14(12-6-5-11(19(2,3)4)9-13(12)27-18)16-22-15(23-24(10)16)17(26)20-7-8-25/h11,25H,5-9H2,1-4H3,(H,20,26). The van der Waals surface area contributed by atoms with Crippen LogP contribution >= 0.6 is 11.3 Å². The highest BCUT2D eigenvalue weighted by atomic mass is 32.1. The molecular weight excluding hydrogens is 362 g/mol. The van der Waals surface area contributed by atoms with Crippen molar-refractivity contribution in [3.05, 3.63) is 22.1 Å². The molecule has 0 bridgehead atoms. The molecule has 3 aromatic rings. The molecule has 0 radical (unpaired) electrons. The van der Waals surface area contributed by atoms with Gasteiger partial charge in [0.05, 0.1) is 12.0 Å². The Morgan fingerprint density at radius 1 is 1.37 bits per heavy atom. The molecule has 1 atom stereocenters. The van der Waals surface area contributed by atoms with Gasteiger partial charge < -0.3 is 10.4 Å². The summed E-state index contributed by atoms with van der Waals surface area (Å²) < 4.78 is 1.67. The second-order valence-electron chi connectivity index (χ2n) is 8.30. The predicted octanol–water partition coefficient (Wildman–Crippen LogP) is 2.52. The first kappa shape index (κ1) is 18.3. The van der Waals surface area contributed by atoms with Crippen molar-refractivity contribution in [1.29, 1.82) is 0 Å². The number of carbonyl (C=O) groups is 1. The van der Waals surface area contributed by atoms with E-state index in [2.05, 4.69) is 36.2 Å². The maximum atomic E-state index is 12.2. The van der Waals surface area contributed by atoms with Crippen molar-refractivity contribution in [3.8, 4) is 0 Å². The summed E-state index contributed by atoms with van der Waals surface area (Å²) in [7, 11) is 0. The van der Waals surface area contributed by atoms with Crippen molar-refractivity contribution in [3.63, 3.8) is 0 Å². The number of rotatable bonds is 3. The number of carbonyl (C=O) groups excluding carboxylic acids is 1. The lowest BCUT2D eigenvalue weighted by molar-refractivity contribution is 0.0934. The Balaban J connectivity index is 1.83. The minimum absolute atomic E-state index is 0.114. The van der Waals surface area contributed by atoms with E-state index in [4.69, 9.17) is 10.1 Å². The van der Waals surface area contributed by atoms with Gasteiger partial charge in [-0.25, -0.2) is 9.97 Å². The van der Waals surface area contributed by atoms with Gasteiger partial charge in [-0.2, -0.15) is 4.52 Å². The minimum Gasteiger partial charge on any atom is -0.395 e. The Hall–Kier alpha value is -2.06. The third-order valence-electron chi connectivity index (χ3n) is 5.47. The molecule has 3 aromatic heterocycles. The molecule has 1 aliphatic carbocycles. The highest BCUT2D eigenvalue weighted by Gasteiger charge is 2.32. The third-order valence-corrected chi connectivity index (χ3v) is 6.62. The van der Waals surface area contributed by atoms with Crippen molar-refractivity contribution in [2.75, 3.05) is 13.2 Å². The average molecular weight is 388 g/mol. The lowest BCUT2D eigenvalue weighted by Gasteiger charge is -2.33. The fourth-order valence-electron chi connectivity index (χ4n) is 3.86. The van der Waals surface area contributed by atoms with E-state index in [-0.39, 0.29) is 24.9 Å². The molecule has 0 saturated carbocycles. The number of aliphatic hydroxyl groups is 1. The largest absolute Gasteiger partial charge is 0.395 e. The van der Waals surface area contributed by atoms with Crippen LogP contribution in [0.25, 0.3) is 15.9 Å². The average Bonchev–Trinajstić information content (AvgIpc) is 3.19. The van der Waals surface area contributed by atoms with E-state index in [0.717, 1.165) is 35.3 Å². The van der Waals surface area contributed by atoms with Crippen LogP contribution in [0.15, 0.2) is 0 Å². The molecule has 1 amide bonds. The molecule has 4 rings (SSSR count). The topological polar surface area (TPSA) is 92.4 Å². The minimum atomic E-state index is -0.378. The summed E-state index contributed by atoms with van der Waals surface area (Å²) in [4.78, 5) is 23.9. The van der Waals surface area contributed by atoms with Crippen LogP contribution in [0, 0.1) is 18.3 Å². The van der Waals surface area contributed by atoms with Crippen molar-refractivity contribution in [2.24, 2.45) is 11.3 Å². The number of aromatic nitrogens is 4. The maximum absolute atomic E-state index is 12.2. The van der Waals surface area contributed by atoms with Gasteiger partial charge in [-0.15, -0.1) is 16.4 Å². The number of hydrogen-bond donors (Lipinski definition) is 2. The van der Waals surface area contributed by atoms with Crippen LogP contribution in [-0.2, 0) is 12.8 Å². The van der Waals surface area contributed by atoms with E-state index >= 15 is 0 Å². The zero-order valence-corrected chi connectivity index (χ0v) is 17.0. The molecule has 0 fully saturated rings. The summed E-state index contributed by atoms with van der Waals surface area (Å²) in [5, 5.41) is 16.9. The van der Waals surface area contributed by atoms with E-state index < -0.39 is 0 Å². The zero-order chi connectivity index (χ0) is 19.3. The van der Waals surface area contributed by atoms with Crippen LogP contribution in [-0.4, -0.2) is 43.7 Å². The fourth-order valence-corrected chi connectivity index (χ4v) is 5.20. The summed E-state index contributed by atoms with van der Waals surface area (Å²) in [6.45, 7) is 8.89. The Morgan fingerprint density at radius 3 is 2.85 bits per heavy atom. The second-order valence-corrected chi connectivity index (χ2v) is 9.38. The van der Waals surface area contributed by atoms with E-state index in [1.807, 2.05) is 6.92 Å². The summed E-state index contributed by atoms with van der Waals surface area (Å²) in [6, 6.07) is 0. The van der Waals surface area contributed by atoms with Crippen molar-refractivity contribution in [1.82, 2.24) is 24.9 Å². The summed E-state index contributed by atoms with van der Waals surface area (Å²) in [6.07, 6.45) is 3.24. The smallest absolute Gasteiger partial charge is 0.291 e. The first-order chi connectivity index (χ1) is 12.8. The van der Waals surface area contributed by atoms with E-state index in [1.165, 1.54) is 10.4 Å². The van der Waals surface area contributed by atoms with Gasteiger partial charge in [-0.3, -0.25) is 4.79 Å². The van der Waals surface area contributed by atoms with E-state index in [0.29, 0.717) is 17.0 Å². The van der Waals surface area contributed by atoms with Crippen LogP contribution < -0.4 is 5.32 Å². The number of aliphatic hydroxyl groups excluding tert-OH is 1.